The van der Waals surface area contributed by atoms with Crippen LogP contribution in [0.15, 0.2) is 48.6 Å². The van der Waals surface area contributed by atoms with Gasteiger partial charge in [0.15, 0.2) is 0 Å². The molecule has 0 bridgehead atoms. The van der Waals surface area contributed by atoms with E-state index in [1.165, 1.54) is 385 Å². The molecule has 2 unspecified atom stereocenters. The van der Waals surface area contributed by atoms with E-state index in [1.54, 1.807) is 6.08 Å². The fourth-order valence-corrected chi connectivity index (χ4v) is 13.2. The second-order valence-electron chi connectivity index (χ2n) is 28.8. The van der Waals surface area contributed by atoms with Crippen molar-refractivity contribution in [2.24, 2.45) is 0 Å². The van der Waals surface area contributed by atoms with Gasteiger partial charge < -0.3 is 20.3 Å². The standard InChI is InChI=1S/C86H163NO5/c1-3-5-7-9-11-13-15-17-19-21-22-23-41-44-47-50-54-58-62-66-70-74-78-84(89)83(82-88)87-85(90)79-75-71-67-63-59-55-51-48-45-42-39-37-35-33-31-29-27-25-24-26-28-30-32-34-36-38-40-43-46-49-53-57-61-65-69-73-77-81-92-86(91)80-76-72-68-64-60-56-52-20-18-16-14-12-10-8-6-4-2/h20,24,26,30,32,52,74,78,83-84,88-89H,3-19,21-23,25,27-29,31,33-51,53-73,75-77,79-82H2,1-2H3,(H,87,90)/b26-24-,32-30-,52-20-,78-74+. The van der Waals surface area contributed by atoms with E-state index in [0.29, 0.717) is 19.4 Å². The number of nitrogens with one attached hydrogen (secondary N) is 1. The summed E-state index contributed by atoms with van der Waals surface area (Å²) in [4.78, 5) is 24.6. The minimum atomic E-state index is -0.844. The summed E-state index contributed by atoms with van der Waals surface area (Å²) in [6.45, 7) is 4.95. The fraction of sp³-hybridized carbons (Fsp3) is 0.884. The topological polar surface area (TPSA) is 95.9 Å². The molecule has 6 nitrogen and oxygen atoms in total. The van der Waals surface area contributed by atoms with E-state index < -0.39 is 12.1 Å². The highest BCUT2D eigenvalue weighted by Crippen LogP contribution is 2.20. The lowest BCUT2D eigenvalue weighted by atomic mass is 10.0. The van der Waals surface area contributed by atoms with Crippen LogP contribution < -0.4 is 5.32 Å². The van der Waals surface area contributed by atoms with Gasteiger partial charge in [-0.15, -0.1) is 0 Å². The van der Waals surface area contributed by atoms with Crippen molar-refractivity contribution in [1.82, 2.24) is 5.32 Å². The number of esters is 1. The third-order valence-corrected chi connectivity index (χ3v) is 19.6. The maximum Gasteiger partial charge on any atom is 0.305 e. The SMILES string of the molecule is CCCCCCCCC/C=C\CCCCCCCC(=O)OCCCCCCCCCCCCCCC/C=C\C/C=C\CCCCCCCCCCCCCCCCCCCC(=O)NC(CO)C(O)/C=C/CCCCCCCCCCCCCCCCCCCCCC. The van der Waals surface area contributed by atoms with Crippen molar-refractivity contribution in [3.05, 3.63) is 48.6 Å². The molecule has 0 heterocycles. The second-order valence-corrected chi connectivity index (χ2v) is 28.8. The van der Waals surface area contributed by atoms with Crippen LogP contribution in [0.25, 0.3) is 0 Å². The highest BCUT2D eigenvalue weighted by Gasteiger charge is 2.18. The summed E-state index contributed by atoms with van der Waals surface area (Å²) < 4.78 is 5.50. The zero-order chi connectivity index (χ0) is 66.3. The number of rotatable bonds is 79. The van der Waals surface area contributed by atoms with Gasteiger partial charge in [0.2, 0.25) is 5.91 Å². The molecule has 92 heavy (non-hydrogen) atoms. The smallest absolute Gasteiger partial charge is 0.305 e. The van der Waals surface area contributed by atoms with Gasteiger partial charge in [-0.1, -0.05) is 409 Å². The number of ether oxygens (including phenoxy) is 1. The van der Waals surface area contributed by atoms with E-state index in [2.05, 4.69) is 55.6 Å². The lowest BCUT2D eigenvalue weighted by Gasteiger charge is -2.20. The molecular weight excluding hydrogens is 1130 g/mol. The van der Waals surface area contributed by atoms with E-state index in [9.17, 15) is 19.8 Å². The summed E-state index contributed by atoms with van der Waals surface area (Å²) in [5.41, 5.74) is 0. The summed E-state index contributed by atoms with van der Waals surface area (Å²) in [5.74, 6) is -0.0489. The van der Waals surface area contributed by atoms with Crippen molar-refractivity contribution in [3.8, 4) is 0 Å². The first-order chi connectivity index (χ1) is 45.5. The maximum absolute atomic E-state index is 12.6. The first-order valence-corrected chi connectivity index (χ1v) is 41.9. The summed E-state index contributed by atoms with van der Waals surface area (Å²) in [5, 5.41) is 23.3. The summed E-state index contributed by atoms with van der Waals surface area (Å²) in [6.07, 6.45) is 108. The highest BCUT2D eigenvalue weighted by molar-refractivity contribution is 5.76. The average molecular weight is 1290 g/mol. The number of carbonyl (C=O) groups excluding carboxylic acids is 2. The first-order valence-electron chi connectivity index (χ1n) is 41.9. The molecule has 0 aromatic heterocycles. The Morgan fingerprint density at radius 3 is 0.837 bits per heavy atom. The Morgan fingerprint density at radius 1 is 0.304 bits per heavy atom. The zero-order valence-electron chi connectivity index (χ0n) is 62.3. The molecule has 542 valence electrons. The Bertz CT molecular complexity index is 1540. The predicted octanol–water partition coefficient (Wildman–Crippen LogP) is 27.9. The maximum atomic E-state index is 12.6. The molecule has 0 fully saturated rings. The molecule has 0 rings (SSSR count). The van der Waals surface area contributed by atoms with Crippen LogP contribution in [-0.2, 0) is 14.3 Å². The molecule has 1 amide bonds. The minimum absolute atomic E-state index is 0.0118. The van der Waals surface area contributed by atoms with Crippen LogP contribution in [0.4, 0.5) is 0 Å². The molecule has 0 saturated heterocycles. The van der Waals surface area contributed by atoms with Crippen molar-refractivity contribution in [2.45, 2.75) is 475 Å². The number of hydrogen-bond acceptors (Lipinski definition) is 5. The van der Waals surface area contributed by atoms with E-state index in [4.69, 9.17) is 4.74 Å². The van der Waals surface area contributed by atoms with E-state index in [-0.39, 0.29) is 18.5 Å². The van der Waals surface area contributed by atoms with Crippen LogP contribution >= 0.6 is 0 Å². The van der Waals surface area contributed by atoms with Crippen LogP contribution in [0.2, 0.25) is 0 Å². The molecule has 0 aromatic carbocycles. The molecule has 0 radical (unpaired) electrons. The fourth-order valence-electron chi connectivity index (χ4n) is 13.2. The van der Waals surface area contributed by atoms with Crippen molar-refractivity contribution in [2.75, 3.05) is 13.2 Å². The molecule has 0 aromatic rings. The van der Waals surface area contributed by atoms with Gasteiger partial charge >= 0.3 is 5.97 Å². The number of amides is 1. The number of aliphatic hydroxyl groups is 2. The number of allylic oxidation sites excluding steroid dienone is 7. The Balaban J connectivity index is 3.38. The summed E-state index contributed by atoms with van der Waals surface area (Å²) >= 11 is 0. The molecule has 0 aliphatic rings. The highest BCUT2D eigenvalue weighted by atomic mass is 16.5. The van der Waals surface area contributed by atoms with Gasteiger partial charge in [0.1, 0.15) is 0 Å². The number of hydrogen-bond donors (Lipinski definition) is 3. The third-order valence-electron chi connectivity index (χ3n) is 19.6. The van der Waals surface area contributed by atoms with Crippen molar-refractivity contribution >= 4 is 11.9 Å². The minimum Gasteiger partial charge on any atom is -0.466 e. The quantitative estimate of drug-likeness (QED) is 0.0320. The molecule has 0 aliphatic carbocycles. The van der Waals surface area contributed by atoms with Gasteiger partial charge in [0.05, 0.1) is 25.4 Å². The van der Waals surface area contributed by atoms with Crippen LogP contribution in [0.1, 0.15) is 463 Å². The Labute approximate surface area is 576 Å². The van der Waals surface area contributed by atoms with Gasteiger partial charge in [0, 0.05) is 12.8 Å². The summed E-state index contributed by atoms with van der Waals surface area (Å²) in [6, 6.07) is -0.628. The third kappa shape index (κ3) is 76.8. The Morgan fingerprint density at radius 2 is 0.543 bits per heavy atom. The van der Waals surface area contributed by atoms with E-state index in [0.717, 1.165) is 51.4 Å². The normalized spacial score (nSPS) is 12.7. The average Bonchev–Trinajstić information content (AvgIpc) is 3.61. The molecule has 2 atom stereocenters. The van der Waals surface area contributed by atoms with Gasteiger partial charge in [-0.3, -0.25) is 9.59 Å². The monoisotopic (exact) mass is 1290 g/mol. The summed E-state index contributed by atoms with van der Waals surface area (Å²) in [7, 11) is 0. The van der Waals surface area contributed by atoms with Gasteiger partial charge in [-0.2, -0.15) is 0 Å². The van der Waals surface area contributed by atoms with Crippen LogP contribution in [0.5, 0.6) is 0 Å². The van der Waals surface area contributed by atoms with Gasteiger partial charge in [0.25, 0.3) is 0 Å². The first kappa shape index (κ1) is 89.8. The molecular formula is C86H163NO5. The molecule has 0 saturated carbocycles. The van der Waals surface area contributed by atoms with Crippen molar-refractivity contribution in [3.63, 3.8) is 0 Å². The number of carbonyl (C=O) groups is 2. The molecule has 6 heteroatoms. The predicted molar refractivity (Wildman–Crippen MR) is 407 cm³/mol. The number of aliphatic hydroxyl groups excluding tert-OH is 2. The molecule has 0 spiro atoms. The molecule has 3 N–H and O–H groups in total. The van der Waals surface area contributed by atoms with Crippen molar-refractivity contribution in [1.29, 1.82) is 0 Å². The Hall–Kier alpha value is -2.18. The lowest BCUT2D eigenvalue weighted by molar-refractivity contribution is -0.143. The van der Waals surface area contributed by atoms with Crippen LogP contribution in [0, 0.1) is 0 Å². The molecule has 0 aliphatic heterocycles. The van der Waals surface area contributed by atoms with Crippen LogP contribution in [-0.4, -0.2) is 47.4 Å². The Kier molecular flexibility index (Phi) is 79.3. The van der Waals surface area contributed by atoms with E-state index in [1.807, 2.05) is 6.08 Å². The van der Waals surface area contributed by atoms with Crippen LogP contribution in [0.3, 0.4) is 0 Å². The van der Waals surface area contributed by atoms with Crippen molar-refractivity contribution < 1.29 is 24.5 Å². The second kappa shape index (κ2) is 81.2. The zero-order valence-corrected chi connectivity index (χ0v) is 62.3. The van der Waals surface area contributed by atoms with Gasteiger partial charge in [-0.05, 0) is 89.9 Å². The number of unbranched alkanes of at least 4 members (excludes halogenated alkanes) is 62. The lowest BCUT2D eigenvalue weighted by Crippen LogP contribution is -2.45. The largest absolute Gasteiger partial charge is 0.466 e. The van der Waals surface area contributed by atoms with Gasteiger partial charge in [-0.25, -0.2) is 0 Å². The van der Waals surface area contributed by atoms with E-state index >= 15 is 0 Å².